The molecule has 0 spiro atoms. The van der Waals surface area contributed by atoms with E-state index >= 15 is 0 Å². The average molecular weight is 296 g/mol. The molecule has 6 heteroatoms. The number of aliphatic carboxylic acids is 1. The largest absolute Gasteiger partial charge is 0.493 e. The standard InChI is InChI=1S/C15H20O6/c1-15(2,14(17)18)8-10(16)9-6-11(19-3)13(21-5)12(7-9)20-4/h6-7H,8H2,1-5H3,(H,17,18). The average Bonchev–Trinajstić information content (AvgIpc) is 2.44. The van der Waals surface area contributed by atoms with Gasteiger partial charge in [-0.2, -0.15) is 0 Å². The predicted molar refractivity (Wildman–Crippen MR) is 76.5 cm³/mol. The van der Waals surface area contributed by atoms with Gasteiger partial charge in [0.2, 0.25) is 5.75 Å². The molecule has 1 aromatic carbocycles. The highest BCUT2D eigenvalue weighted by Gasteiger charge is 2.31. The van der Waals surface area contributed by atoms with Crippen molar-refractivity contribution < 1.29 is 28.9 Å². The fraction of sp³-hybridized carbons (Fsp3) is 0.467. The molecule has 0 aliphatic heterocycles. The number of benzene rings is 1. The molecule has 0 heterocycles. The number of rotatable bonds is 7. The Balaban J connectivity index is 3.19. The maximum absolute atomic E-state index is 12.3. The van der Waals surface area contributed by atoms with Crippen LogP contribution in [0.25, 0.3) is 0 Å². The number of carbonyl (C=O) groups excluding carboxylic acids is 1. The maximum atomic E-state index is 12.3. The summed E-state index contributed by atoms with van der Waals surface area (Å²) in [5.74, 6) is -0.236. The number of hydrogen-bond donors (Lipinski definition) is 1. The highest BCUT2D eigenvalue weighted by Crippen LogP contribution is 2.39. The Kier molecular flexibility index (Phi) is 5.18. The van der Waals surface area contributed by atoms with Crippen molar-refractivity contribution in [3.05, 3.63) is 17.7 Å². The van der Waals surface area contributed by atoms with E-state index in [9.17, 15) is 9.59 Å². The minimum absolute atomic E-state index is 0.124. The summed E-state index contributed by atoms with van der Waals surface area (Å²) < 4.78 is 15.5. The number of carboxylic acid groups (broad SMARTS) is 1. The first-order valence-electron chi connectivity index (χ1n) is 6.33. The van der Waals surface area contributed by atoms with Crippen LogP contribution in [0, 0.1) is 5.41 Å². The molecule has 6 nitrogen and oxygen atoms in total. The third-order valence-corrected chi connectivity index (χ3v) is 3.17. The van der Waals surface area contributed by atoms with Gasteiger partial charge in [-0.3, -0.25) is 9.59 Å². The number of ketones is 1. The second kappa shape index (κ2) is 6.47. The van der Waals surface area contributed by atoms with Crippen molar-refractivity contribution >= 4 is 11.8 Å². The Morgan fingerprint density at radius 2 is 1.52 bits per heavy atom. The van der Waals surface area contributed by atoms with Crippen LogP contribution in [-0.4, -0.2) is 38.2 Å². The summed E-state index contributed by atoms with van der Waals surface area (Å²) in [7, 11) is 4.37. The molecule has 0 bridgehead atoms. The van der Waals surface area contributed by atoms with E-state index in [0.29, 0.717) is 22.8 Å². The summed E-state index contributed by atoms with van der Waals surface area (Å²) in [5, 5.41) is 9.10. The van der Waals surface area contributed by atoms with E-state index in [-0.39, 0.29) is 12.2 Å². The van der Waals surface area contributed by atoms with Crippen molar-refractivity contribution in [2.75, 3.05) is 21.3 Å². The van der Waals surface area contributed by atoms with Gasteiger partial charge in [0.25, 0.3) is 0 Å². The molecule has 0 aliphatic carbocycles. The second-order valence-corrected chi connectivity index (χ2v) is 5.20. The maximum Gasteiger partial charge on any atom is 0.309 e. The number of carboxylic acids is 1. The summed E-state index contributed by atoms with van der Waals surface area (Å²) in [4.78, 5) is 23.4. The topological polar surface area (TPSA) is 82.1 Å². The van der Waals surface area contributed by atoms with E-state index in [1.165, 1.54) is 47.3 Å². The van der Waals surface area contributed by atoms with E-state index in [1.54, 1.807) is 0 Å². The van der Waals surface area contributed by atoms with Crippen LogP contribution in [-0.2, 0) is 4.79 Å². The van der Waals surface area contributed by atoms with Gasteiger partial charge in [0.15, 0.2) is 17.3 Å². The molecule has 0 saturated heterocycles. The molecule has 1 aromatic rings. The van der Waals surface area contributed by atoms with E-state index in [0.717, 1.165) is 0 Å². The molecule has 116 valence electrons. The highest BCUT2D eigenvalue weighted by molar-refractivity contribution is 5.99. The van der Waals surface area contributed by atoms with Crippen molar-refractivity contribution in [1.82, 2.24) is 0 Å². The van der Waals surface area contributed by atoms with E-state index in [1.807, 2.05) is 0 Å². The van der Waals surface area contributed by atoms with Gasteiger partial charge >= 0.3 is 5.97 Å². The lowest BCUT2D eigenvalue weighted by Crippen LogP contribution is -2.27. The van der Waals surface area contributed by atoms with Crippen LogP contribution in [0.15, 0.2) is 12.1 Å². The zero-order chi connectivity index (χ0) is 16.2. The molecular weight excluding hydrogens is 276 g/mol. The first-order valence-corrected chi connectivity index (χ1v) is 6.33. The molecule has 0 aromatic heterocycles. The van der Waals surface area contributed by atoms with Crippen molar-refractivity contribution in [2.24, 2.45) is 5.41 Å². The number of hydrogen-bond acceptors (Lipinski definition) is 5. The molecule has 1 N–H and O–H groups in total. The SMILES string of the molecule is COc1cc(C(=O)CC(C)(C)C(=O)O)cc(OC)c1OC. The summed E-state index contributed by atoms with van der Waals surface area (Å²) in [5.41, 5.74) is -0.823. The number of ether oxygens (including phenoxy) is 3. The Hall–Kier alpha value is -2.24. The van der Waals surface area contributed by atoms with Gasteiger partial charge in [0.1, 0.15) is 0 Å². The van der Waals surface area contributed by atoms with Crippen molar-refractivity contribution in [2.45, 2.75) is 20.3 Å². The van der Waals surface area contributed by atoms with Crippen LogP contribution >= 0.6 is 0 Å². The van der Waals surface area contributed by atoms with Gasteiger partial charge in [-0.1, -0.05) is 0 Å². The lowest BCUT2D eigenvalue weighted by atomic mass is 9.85. The number of Topliss-reactive ketones (excluding diaryl/α,β-unsaturated/α-hetero) is 1. The van der Waals surface area contributed by atoms with Crippen molar-refractivity contribution in [3.63, 3.8) is 0 Å². The van der Waals surface area contributed by atoms with Gasteiger partial charge in [-0.15, -0.1) is 0 Å². The van der Waals surface area contributed by atoms with E-state index in [2.05, 4.69) is 0 Å². The summed E-state index contributed by atoms with van der Waals surface area (Å²) in [6.45, 7) is 3.01. The summed E-state index contributed by atoms with van der Waals surface area (Å²) in [6.07, 6.45) is -0.124. The van der Waals surface area contributed by atoms with Crippen LogP contribution in [0.2, 0.25) is 0 Å². The Morgan fingerprint density at radius 3 is 1.86 bits per heavy atom. The summed E-state index contributed by atoms with van der Waals surface area (Å²) in [6, 6.07) is 3.03. The van der Waals surface area contributed by atoms with Crippen LogP contribution in [0.3, 0.4) is 0 Å². The fourth-order valence-corrected chi connectivity index (χ4v) is 1.82. The molecule has 0 radical (unpaired) electrons. The van der Waals surface area contributed by atoms with Crippen LogP contribution in [0.5, 0.6) is 17.2 Å². The second-order valence-electron chi connectivity index (χ2n) is 5.20. The number of carbonyl (C=O) groups is 2. The predicted octanol–water partition coefficient (Wildman–Crippen LogP) is 2.40. The van der Waals surface area contributed by atoms with Crippen molar-refractivity contribution in [3.8, 4) is 17.2 Å². The minimum Gasteiger partial charge on any atom is -0.493 e. The molecule has 0 atom stereocenters. The van der Waals surface area contributed by atoms with E-state index in [4.69, 9.17) is 19.3 Å². The molecule has 0 unspecified atom stereocenters. The highest BCUT2D eigenvalue weighted by atomic mass is 16.5. The van der Waals surface area contributed by atoms with Gasteiger partial charge in [-0.25, -0.2) is 0 Å². The molecule has 0 saturated carbocycles. The Morgan fingerprint density at radius 1 is 1.05 bits per heavy atom. The molecule has 1 rings (SSSR count). The molecule has 0 amide bonds. The van der Waals surface area contributed by atoms with Gasteiger partial charge < -0.3 is 19.3 Å². The Bertz CT molecular complexity index is 522. The zero-order valence-corrected chi connectivity index (χ0v) is 12.9. The first-order chi connectivity index (χ1) is 9.76. The minimum atomic E-state index is -1.14. The normalized spacial score (nSPS) is 10.9. The third-order valence-electron chi connectivity index (χ3n) is 3.17. The first kappa shape index (κ1) is 16.8. The lowest BCUT2D eigenvalue weighted by molar-refractivity contribution is -0.146. The zero-order valence-electron chi connectivity index (χ0n) is 12.9. The van der Waals surface area contributed by atoms with Crippen LogP contribution < -0.4 is 14.2 Å². The Labute approximate surface area is 123 Å². The summed E-state index contributed by atoms with van der Waals surface area (Å²) >= 11 is 0. The monoisotopic (exact) mass is 296 g/mol. The fourth-order valence-electron chi connectivity index (χ4n) is 1.82. The molecular formula is C15H20O6. The van der Waals surface area contributed by atoms with Gasteiger partial charge in [0.05, 0.1) is 26.7 Å². The number of methoxy groups -OCH3 is 3. The lowest BCUT2D eigenvalue weighted by Gasteiger charge is -2.19. The van der Waals surface area contributed by atoms with Gasteiger partial charge in [0, 0.05) is 12.0 Å². The van der Waals surface area contributed by atoms with E-state index < -0.39 is 11.4 Å². The molecule has 21 heavy (non-hydrogen) atoms. The third kappa shape index (κ3) is 3.65. The quantitative estimate of drug-likeness (QED) is 0.778. The van der Waals surface area contributed by atoms with Crippen LogP contribution in [0.4, 0.5) is 0 Å². The smallest absolute Gasteiger partial charge is 0.309 e. The van der Waals surface area contributed by atoms with Crippen LogP contribution in [0.1, 0.15) is 30.6 Å². The van der Waals surface area contributed by atoms with Crippen molar-refractivity contribution in [1.29, 1.82) is 0 Å². The molecule has 0 fully saturated rings. The molecule has 0 aliphatic rings. The van der Waals surface area contributed by atoms with Gasteiger partial charge in [-0.05, 0) is 26.0 Å².